The van der Waals surface area contributed by atoms with Crippen molar-refractivity contribution in [2.24, 2.45) is 0 Å². The van der Waals surface area contributed by atoms with E-state index in [1.807, 2.05) is 0 Å². The molecule has 0 aromatic carbocycles. The highest BCUT2D eigenvalue weighted by atomic mass is 16.5. The van der Waals surface area contributed by atoms with E-state index < -0.39 is 0 Å². The second-order valence-electron chi connectivity index (χ2n) is 4.10. The van der Waals surface area contributed by atoms with Gasteiger partial charge in [0.15, 0.2) is 0 Å². The van der Waals surface area contributed by atoms with E-state index in [0.717, 1.165) is 6.42 Å². The fourth-order valence-corrected chi connectivity index (χ4v) is 1.59. The summed E-state index contributed by atoms with van der Waals surface area (Å²) in [6, 6.07) is 3.37. The molecule has 0 spiro atoms. The van der Waals surface area contributed by atoms with Gasteiger partial charge in [0.25, 0.3) is 0 Å². The van der Waals surface area contributed by atoms with Crippen LogP contribution in [0.5, 0.6) is 5.88 Å². The third kappa shape index (κ3) is 6.05. The molecule has 0 unspecified atom stereocenters. The average Bonchev–Trinajstić information content (AvgIpc) is 2.38. The Morgan fingerprint density at radius 3 is 2.59 bits per heavy atom. The average molecular weight is 234 g/mol. The minimum Gasteiger partial charge on any atom is -0.478 e. The molecule has 0 fully saturated rings. The second-order valence-corrected chi connectivity index (χ2v) is 4.10. The van der Waals surface area contributed by atoms with E-state index in [-0.39, 0.29) is 0 Å². The van der Waals surface area contributed by atoms with E-state index >= 15 is 0 Å². The van der Waals surface area contributed by atoms with Gasteiger partial charge >= 0.3 is 0 Å². The largest absolute Gasteiger partial charge is 0.478 e. The Kier molecular flexibility index (Phi) is 7.03. The smallest absolute Gasteiger partial charge is 0.235 e. The molecule has 1 aromatic rings. The summed E-state index contributed by atoms with van der Waals surface area (Å²) < 4.78 is 5.47. The van der Waals surface area contributed by atoms with Gasteiger partial charge in [-0.15, -0.1) is 0 Å². The molecule has 0 aliphatic carbocycles. The van der Waals surface area contributed by atoms with Gasteiger partial charge in [-0.25, -0.2) is 4.98 Å². The van der Waals surface area contributed by atoms with E-state index in [1.165, 1.54) is 38.3 Å². The van der Waals surface area contributed by atoms with Gasteiger partial charge in [0.2, 0.25) is 12.2 Å². The van der Waals surface area contributed by atoms with Crippen LogP contribution < -0.4 is 4.74 Å². The van der Waals surface area contributed by atoms with Gasteiger partial charge in [-0.05, 0) is 12.5 Å². The second kappa shape index (κ2) is 8.74. The van der Waals surface area contributed by atoms with E-state index in [1.54, 1.807) is 18.4 Å². The molecule has 0 atom stereocenters. The molecule has 93 valence electrons. The van der Waals surface area contributed by atoms with Crippen molar-refractivity contribution in [3.05, 3.63) is 23.9 Å². The van der Waals surface area contributed by atoms with Crippen LogP contribution in [0.3, 0.4) is 0 Å². The molecule has 1 rings (SSSR count). The standard InChI is InChI=1S/C14H20NO2/c1-2-3-4-5-6-7-10-17-14-9-8-13(12-16)11-15-14/h8-9,11H,2-7,10H2,1H3. The zero-order valence-electron chi connectivity index (χ0n) is 10.4. The number of hydrogen-bond donors (Lipinski definition) is 0. The molecule has 1 aromatic heterocycles. The molecule has 0 bridgehead atoms. The van der Waals surface area contributed by atoms with E-state index in [0.29, 0.717) is 18.1 Å². The summed E-state index contributed by atoms with van der Waals surface area (Å²) in [6.45, 7) is 2.92. The highest BCUT2D eigenvalue weighted by molar-refractivity contribution is 5.74. The van der Waals surface area contributed by atoms with Crippen molar-refractivity contribution >= 4 is 6.29 Å². The lowest BCUT2D eigenvalue weighted by Crippen LogP contribution is -1.99. The molecule has 17 heavy (non-hydrogen) atoms. The van der Waals surface area contributed by atoms with E-state index in [2.05, 4.69) is 11.9 Å². The van der Waals surface area contributed by atoms with E-state index in [9.17, 15) is 4.79 Å². The Balaban J connectivity index is 2.07. The lowest BCUT2D eigenvalue weighted by molar-refractivity contribution is 0.293. The van der Waals surface area contributed by atoms with Crippen LogP contribution in [0, 0.1) is 0 Å². The third-order valence-corrected chi connectivity index (χ3v) is 2.60. The van der Waals surface area contributed by atoms with Crippen molar-refractivity contribution in [1.82, 2.24) is 4.98 Å². The normalized spacial score (nSPS) is 10.2. The molecule has 0 saturated carbocycles. The van der Waals surface area contributed by atoms with Crippen LogP contribution in [-0.2, 0) is 4.79 Å². The molecule has 0 saturated heterocycles. The maximum absolute atomic E-state index is 10.3. The van der Waals surface area contributed by atoms with Gasteiger partial charge in [-0.2, -0.15) is 0 Å². The Hall–Kier alpha value is -1.38. The number of nitrogens with zero attached hydrogens (tertiary/aromatic N) is 1. The molecular weight excluding hydrogens is 214 g/mol. The SMILES string of the molecule is CCCCCCCCOc1ccc([C]=O)cn1. The molecule has 3 nitrogen and oxygen atoms in total. The number of carbonyl (C=O) groups excluding carboxylic acids is 1. The van der Waals surface area contributed by atoms with Crippen molar-refractivity contribution < 1.29 is 9.53 Å². The van der Waals surface area contributed by atoms with Gasteiger partial charge in [-0.1, -0.05) is 39.0 Å². The molecule has 0 amide bonds. The molecule has 3 heteroatoms. The van der Waals surface area contributed by atoms with Crippen LogP contribution >= 0.6 is 0 Å². The first kappa shape index (κ1) is 13.7. The fraction of sp³-hybridized carbons (Fsp3) is 0.571. The van der Waals surface area contributed by atoms with Crippen LogP contribution in [0.15, 0.2) is 18.3 Å². The Morgan fingerprint density at radius 1 is 1.18 bits per heavy atom. The molecular formula is C14H20NO2. The summed E-state index contributed by atoms with van der Waals surface area (Å²) in [4.78, 5) is 14.3. The van der Waals surface area contributed by atoms with Crippen molar-refractivity contribution in [1.29, 1.82) is 0 Å². The number of unbranched alkanes of at least 4 members (excludes halogenated alkanes) is 5. The minimum absolute atomic E-state index is 0.455. The van der Waals surface area contributed by atoms with Crippen LogP contribution in [0.25, 0.3) is 0 Å². The topological polar surface area (TPSA) is 39.2 Å². The zero-order valence-corrected chi connectivity index (χ0v) is 10.4. The van der Waals surface area contributed by atoms with Gasteiger partial charge in [0, 0.05) is 17.8 Å². The number of aromatic nitrogens is 1. The number of hydrogen-bond acceptors (Lipinski definition) is 3. The van der Waals surface area contributed by atoms with Gasteiger partial charge in [-0.3, -0.25) is 4.79 Å². The fourth-order valence-electron chi connectivity index (χ4n) is 1.59. The van der Waals surface area contributed by atoms with Crippen LogP contribution in [0.1, 0.15) is 51.0 Å². The van der Waals surface area contributed by atoms with Crippen LogP contribution in [0.2, 0.25) is 0 Å². The first-order valence-corrected chi connectivity index (χ1v) is 6.34. The maximum atomic E-state index is 10.3. The van der Waals surface area contributed by atoms with Crippen LogP contribution in [-0.4, -0.2) is 17.9 Å². The molecule has 0 N–H and O–H groups in total. The van der Waals surface area contributed by atoms with Gasteiger partial charge < -0.3 is 4.74 Å². The lowest BCUT2D eigenvalue weighted by atomic mass is 10.1. The van der Waals surface area contributed by atoms with E-state index in [4.69, 9.17) is 4.74 Å². The van der Waals surface area contributed by atoms with Crippen molar-refractivity contribution in [3.8, 4) is 5.88 Å². The quantitative estimate of drug-likeness (QED) is 0.615. The van der Waals surface area contributed by atoms with Crippen molar-refractivity contribution in [2.45, 2.75) is 45.4 Å². The predicted octanol–water partition coefficient (Wildman–Crippen LogP) is 3.28. The summed E-state index contributed by atoms with van der Waals surface area (Å²) in [5.74, 6) is 0.581. The van der Waals surface area contributed by atoms with Crippen molar-refractivity contribution in [3.63, 3.8) is 0 Å². The maximum Gasteiger partial charge on any atom is 0.235 e. The summed E-state index contributed by atoms with van der Waals surface area (Å²) in [5, 5.41) is 0. The van der Waals surface area contributed by atoms with Crippen LogP contribution in [0.4, 0.5) is 0 Å². The summed E-state index contributed by atoms with van der Waals surface area (Å²) in [6.07, 6.45) is 10.7. The summed E-state index contributed by atoms with van der Waals surface area (Å²) in [5.41, 5.74) is 0.455. The number of rotatable bonds is 9. The first-order valence-electron chi connectivity index (χ1n) is 6.34. The Labute approximate surface area is 103 Å². The predicted molar refractivity (Wildman–Crippen MR) is 67.9 cm³/mol. The third-order valence-electron chi connectivity index (χ3n) is 2.60. The monoisotopic (exact) mass is 234 g/mol. The summed E-state index contributed by atoms with van der Waals surface area (Å²) in [7, 11) is 0. The Bertz CT molecular complexity index is 309. The highest BCUT2D eigenvalue weighted by Gasteiger charge is 1.96. The van der Waals surface area contributed by atoms with Crippen molar-refractivity contribution in [2.75, 3.05) is 6.61 Å². The number of pyridine rings is 1. The van der Waals surface area contributed by atoms with Gasteiger partial charge in [0.1, 0.15) is 0 Å². The van der Waals surface area contributed by atoms with Gasteiger partial charge in [0.05, 0.1) is 6.61 Å². The minimum atomic E-state index is 0.455. The zero-order chi connectivity index (χ0) is 12.3. The molecule has 0 aliphatic heterocycles. The molecule has 1 radical (unpaired) electrons. The lowest BCUT2D eigenvalue weighted by Gasteiger charge is -2.04. The highest BCUT2D eigenvalue weighted by Crippen LogP contribution is 2.08. The first-order chi connectivity index (χ1) is 8.36. The summed E-state index contributed by atoms with van der Waals surface area (Å²) >= 11 is 0. The molecule has 0 aliphatic rings. The molecule has 1 heterocycles. The number of ether oxygens (including phenoxy) is 1. The Morgan fingerprint density at radius 2 is 1.94 bits per heavy atom.